The molecule has 2 aliphatic heterocycles. The summed E-state index contributed by atoms with van der Waals surface area (Å²) < 4.78 is 19.7. The highest BCUT2D eigenvalue weighted by Gasteiger charge is 2.34. The predicted octanol–water partition coefficient (Wildman–Crippen LogP) is 4.07. The van der Waals surface area contributed by atoms with Crippen molar-refractivity contribution >= 4 is 34.6 Å². The van der Waals surface area contributed by atoms with E-state index in [1.807, 2.05) is 6.07 Å². The van der Waals surface area contributed by atoms with Crippen LogP contribution in [0.5, 0.6) is 0 Å². The van der Waals surface area contributed by atoms with Gasteiger partial charge in [0, 0.05) is 13.0 Å². The number of rotatable bonds is 5. The fourth-order valence-corrected chi connectivity index (χ4v) is 4.34. The third-order valence-corrected chi connectivity index (χ3v) is 5.96. The Kier molecular flexibility index (Phi) is 5.43. The van der Waals surface area contributed by atoms with E-state index in [-0.39, 0.29) is 23.9 Å². The van der Waals surface area contributed by atoms with Gasteiger partial charge in [0.15, 0.2) is 0 Å². The van der Waals surface area contributed by atoms with Gasteiger partial charge >= 0.3 is 0 Å². The molecule has 142 valence electrons. The molecule has 0 spiro atoms. The molecule has 4 rings (SSSR count). The first-order chi connectivity index (χ1) is 13.1. The minimum atomic E-state index is -0.703. The highest BCUT2D eigenvalue weighted by molar-refractivity contribution is 7.18. The second-order valence-electron chi connectivity index (χ2n) is 6.53. The summed E-state index contributed by atoms with van der Waals surface area (Å²) >= 11 is 7.36. The normalized spacial score (nSPS) is 23.0. The van der Waals surface area contributed by atoms with Crippen LogP contribution < -0.4 is 5.32 Å². The number of amides is 1. The molecule has 1 saturated heterocycles. The Morgan fingerprint density at radius 1 is 1.30 bits per heavy atom. The number of halogens is 2. The quantitative estimate of drug-likeness (QED) is 0.811. The summed E-state index contributed by atoms with van der Waals surface area (Å²) in [6.45, 7) is 0.657. The number of benzene rings is 1. The van der Waals surface area contributed by atoms with Crippen LogP contribution in [0, 0.1) is 5.82 Å². The van der Waals surface area contributed by atoms with Gasteiger partial charge < -0.3 is 14.9 Å². The fraction of sp³-hybridized carbons (Fsp3) is 0.368. The molecule has 0 radical (unpaired) electrons. The first kappa shape index (κ1) is 18.4. The molecule has 1 N–H and O–H groups in total. The van der Waals surface area contributed by atoms with E-state index in [2.05, 4.69) is 10.5 Å². The molecule has 1 aromatic heterocycles. The average Bonchev–Trinajstić information content (AvgIpc) is 3.41. The zero-order chi connectivity index (χ0) is 18.8. The Labute approximate surface area is 165 Å². The molecular formula is C19H18ClFN2O3S. The lowest BCUT2D eigenvalue weighted by molar-refractivity contribution is -0.133. The van der Waals surface area contributed by atoms with E-state index in [0.29, 0.717) is 23.1 Å². The van der Waals surface area contributed by atoms with Gasteiger partial charge in [-0.1, -0.05) is 28.9 Å². The molecule has 1 aromatic carbocycles. The van der Waals surface area contributed by atoms with Gasteiger partial charge in [0.1, 0.15) is 11.5 Å². The molecule has 3 atom stereocenters. The van der Waals surface area contributed by atoms with Gasteiger partial charge in [0.25, 0.3) is 5.91 Å². The maximum atomic E-state index is 13.3. The standard InChI is InChI=1S/C19H18ClFN2O3S/c20-17-8-7-16(27-17)13-10-15(26-23-13)19(24)22-18(14-2-1-9-25-14)11-3-5-12(21)6-4-11/h3-8,14-15,18H,1-2,9-10H2,(H,22,24)/t14-,15+,18-/m1/s1. The third kappa shape index (κ3) is 4.15. The van der Waals surface area contributed by atoms with E-state index < -0.39 is 6.10 Å². The lowest BCUT2D eigenvalue weighted by atomic mass is 9.98. The van der Waals surface area contributed by atoms with Crippen molar-refractivity contribution in [2.45, 2.75) is 37.5 Å². The first-order valence-electron chi connectivity index (χ1n) is 8.76. The molecule has 2 aromatic rings. The van der Waals surface area contributed by atoms with Crippen LogP contribution in [-0.4, -0.2) is 30.4 Å². The number of hydrogen-bond acceptors (Lipinski definition) is 5. The van der Waals surface area contributed by atoms with E-state index in [4.69, 9.17) is 21.2 Å². The molecule has 0 bridgehead atoms. The monoisotopic (exact) mass is 408 g/mol. The van der Waals surface area contributed by atoms with Crippen molar-refractivity contribution in [2.75, 3.05) is 6.61 Å². The zero-order valence-corrected chi connectivity index (χ0v) is 15.9. The summed E-state index contributed by atoms with van der Waals surface area (Å²) in [7, 11) is 0. The number of nitrogens with zero attached hydrogens (tertiary/aromatic N) is 1. The van der Waals surface area contributed by atoms with Crippen LogP contribution >= 0.6 is 22.9 Å². The Morgan fingerprint density at radius 3 is 2.78 bits per heavy atom. The van der Waals surface area contributed by atoms with Crippen LogP contribution in [0.25, 0.3) is 0 Å². The Hall–Kier alpha value is -1.96. The van der Waals surface area contributed by atoms with Crippen molar-refractivity contribution in [3.05, 3.63) is 57.0 Å². The van der Waals surface area contributed by atoms with Gasteiger partial charge in [0.05, 0.1) is 21.4 Å². The van der Waals surface area contributed by atoms with Crippen LogP contribution in [0.2, 0.25) is 4.34 Å². The number of carbonyl (C=O) groups excluding carboxylic acids is 1. The largest absolute Gasteiger partial charge is 0.382 e. The minimum Gasteiger partial charge on any atom is -0.382 e. The van der Waals surface area contributed by atoms with Crippen LogP contribution in [0.4, 0.5) is 4.39 Å². The molecular weight excluding hydrogens is 391 g/mol. The maximum absolute atomic E-state index is 13.3. The molecule has 5 nitrogen and oxygen atoms in total. The summed E-state index contributed by atoms with van der Waals surface area (Å²) in [5, 5.41) is 7.04. The van der Waals surface area contributed by atoms with Gasteiger partial charge in [-0.3, -0.25) is 4.79 Å². The number of nitrogens with one attached hydrogen (secondary N) is 1. The first-order valence-corrected chi connectivity index (χ1v) is 9.95. The number of oxime groups is 1. The smallest absolute Gasteiger partial charge is 0.264 e. The summed E-state index contributed by atoms with van der Waals surface area (Å²) in [4.78, 5) is 19.0. The number of hydrogen-bond donors (Lipinski definition) is 1. The van der Waals surface area contributed by atoms with E-state index >= 15 is 0 Å². The van der Waals surface area contributed by atoms with Gasteiger partial charge in [0.2, 0.25) is 6.10 Å². The van der Waals surface area contributed by atoms with Crippen molar-refractivity contribution in [1.29, 1.82) is 0 Å². The second kappa shape index (κ2) is 7.96. The lowest BCUT2D eigenvalue weighted by Gasteiger charge is -2.25. The maximum Gasteiger partial charge on any atom is 0.264 e. The second-order valence-corrected chi connectivity index (χ2v) is 8.24. The van der Waals surface area contributed by atoms with Crippen molar-refractivity contribution in [3.8, 4) is 0 Å². The zero-order valence-electron chi connectivity index (χ0n) is 14.4. The van der Waals surface area contributed by atoms with Crippen molar-refractivity contribution in [1.82, 2.24) is 5.32 Å². The highest BCUT2D eigenvalue weighted by atomic mass is 35.5. The molecule has 8 heteroatoms. The molecule has 3 heterocycles. The highest BCUT2D eigenvalue weighted by Crippen LogP contribution is 2.29. The SMILES string of the molecule is O=C(N[C@H](c1ccc(F)cc1)[C@H]1CCCO1)[C@@H]1CC(c2ccc(Cl)s2)=NO1. The van der Waals surface area contributed by atoms with Crippen LogP contribution in [-0.2, 0) is 14.4 Å². The van der Waals surface area contributed by atoms with Crippen LogP contribution in [0.3, 0.4) is 0 Å². The van der Waals surface area contributed by atoms with E-state index in [9.17, 15) is 9.18 Å². The minimum absolute atomic E-state index is 0.141. The van der Waals surface area contributed by atoms with E-state index in [1.165, 1.54) is 23.5 Å². The molecule has 27 heavy (non-hydrogen) atoms. The summed E-state index contributed by atoms with van der Waals surface area (Å²) in [5.74, 6) is -0.579. The third-order valence-electron chi connectivity index (χ3n) is 4.68. The average molecular weight is 409 g/mol. The van der Waals surface area contributed by atoms with E-state index in [1.54, 1.807) is 18.2 Å². The van der Waals surface area contributed by atoms with Crippen molar-refractivity contribution < 1.29 is 18.8 Å². The van der Waals surface area contributed by atoms with Crippen molar-refractivity contribution in [2.24, 2.45) is 5.16 Å². The molecule has 0 aliphatic carbocycles. The van der Waals surface area contributed by atoms with Crippen LogP contribution in [0.1, 0.15) is 35.7 Å². The fourth-order valence-electron chi connectivity index (χ4n) is 3.31. The summed E-state index contributed by atoms with van der Waals surface area (Å²) in [6, 6.07) is 9.42. The van der Waals surface area contributed by atoms with Gasteiger partial charge in [-0.05, 0) is 42.7 Å². The lowest BCUT2D eigenvalue weighted by Crippen LogP contribution is -2.41. The van der Waals surface area contributed by atoms with Gasteiger partial charge in [-0.15, -0.1) is 11.3 Å². The molecule has 0 unspecified atom stereocenters. The Bertz CT molecular complexity index is 849. The Balaban J connectivity index is 1.45. The summed E-state index contributed by atoms with van der Waals surface area (Å²) in [6.07, 6.45) is 1.31. The molecule has 0 saturated carbocycles. The topological polar surface area (TPSA) is 59.9 Å². The van der Waals surface area contributed by atoms with Crippen molar-refractivity contribution in [3.63, 3.8) is 0 Å². The summed E-state index contributed by atoms with van der Waals surface area (Å²) in [5.41, 5.74) is 1.52. The molecule has 2 aliphatic rings. The number of thiophene rings is 1. The molecule has 1 fully saturated rings. The molecule has 1 amide bonds. The number of carbonyl (C=O) groups is 1. The Morgan fingerprint density at radius 2 is 2.11 bits per heavy atom. The predicted molar refractivity (Wildman–Crippen MR) is 102 cm³/mol. The number of ether oxygens (including phenoxy) is 1. The van der Waals surface area contributed by atoms with Crippen LogP contribution in [0.15, 0.2) is 41.6 Å². The van der Waals surface area contributed by atoms with Gasteiger partial charge in [-0.2, -0.15) is 0 Å². The van der Waals surface area contributed by atoms with Gasteiger partial charge in [-0.25, -0.2) is 4.39 Å². The van der Waals surface area contributed by atoms with E-state index in [0.717, 1.165) is 23.3 Å².